The number of halogens is 1. The number of benzene rings is 1. The minimum atomic E-state index is -0.115. The highest BCUT2D eigenvalue weighted by Gasteiger charge is 2.09. The maximum Gasteiger partial charge on any atom is 0.239 e. The molecule has 1 aromatic carbocycles. The van der Waals surface area contributed by atoms with E-state index < -0.39 is 0 Å². The van der Waals surface area contributed by atoms with Gasteiger partial charge in [0.25, 0.3) is 0 Å². The van der Waals surface area contributed by atoms with E-state index in [4.69, 9.17) is 4.42 Å². The predicted molar refractivity (Wildman–Crippen MR) is 117 cm³/mol. The number of furan rings is 1. The Labute approximate surface area is 175 Å². The molecule has 0 aliphatic heterocycles. The molecule has 2 N–H and O–H groups in total. The van der Waals surface area contributed by atoms with E-state index in [1.165, 1.54) is 10.5 Å². The Hall–Kier alpha value is -1.68. The van der Waals surface area contributed by atoms with Gasteiger partial charge in [-0.3, -0.25) is 9.79 Å². The van der Waals surface area contributed by atoms with Crippen LogP contribution in [0.5, 0.6) is 0 Å². The van der Waals surface area contributed by atoms with E-state index in [-0.39, 0.29) is 36.4 Å². The van der Waals surface area contributed by atoms with Crippen LogP contribution in [0, 0.1) is 0 Å². The van der Waals surface area contributed by atoms with Gasteiger partial charge in [0.1, 0.15) is 5.76 Å². The van der Waals surface area contributed by atoms with Crippen LogP contribution in [-0.2, 0) is 17.9 Å². The molecule has 0 bridgehead atoms. The quantitative estimate of drug-likeness (QED) is 0.272. The molecule has 0 radical (unpaired) electrons. The third-order valence-corrected chi connectivity index (χ3v) is 4.34. The Kier molecular flexibility index (Phi) is 10.2. The van der Waals surface area contributed by atoms with E-state index >= 15 is 0 Å². The Morgan fingerprint density at radius 2 is 1.96 bits per heavy atom. The standard InChI is InChI=1S/C18H24N4O2S.HI/c1-19-18(21-12-17(23)20-11-15-5-4-10-24-15)22(2)13-14-6-8-16(25-3)9-7-14;/h4-10H,11-13H2,1-3H3,(H,19,21)(H,20,23);1H. The lowest BCUT2D eigenvalue weighted by Crippen LogP contribution is -2.43. The summed E-state index contributed by atoms with van der Waals surface area (Å²) in [5.74, 6) is 1.28. The van der Waals surface area contributed by atoms with Crippen molar-refractivity contribution in [2.24, 2.45) is 4.99 Å². The maximum absolute atomic E-state index is 11.9. The molecule has 6 nitrogen and oxygen atoms in total. The number of thioether (sulfide) groups is 1. The van der Waals surface area contributed by atoms with Crippen LogP contribution in [0.4, 0.5) is 0 Å². The Balaban J connectivity index is 0.00000338. The minimum absolute atomic E-state index is 0. The number of guanidine groups is 1. The minimum Gasteiger partial charge on any atom is -0.467 e. The largest absolute Gasteiger partial charge is 0.467 e. The summed E-state index contributed by atoms with van der Waals surface area (Å²) in [5.41, 5.74) is 1.19. The summed E-state index contributed by atoms with van der Waals surface area (Å²) < 4.78 is 5.18. The zero-order chi connectivity index (χ0) is 18.1. The first kappa shape index (κ1) is 22.4. The van der Waals surface area contributed by atoms with Gasteiger partial charge in [0.15, 0.2) is 5.96 Å². The molecular formula is C18H25IN4O2S. The summed E-state index contributed by atoms with van der Waals surface area (Å²) in [5, 5.41) is 5.87. The van der Waals surface area contributed by atoms with Crippen LogP contribution in [0.25, 0.3) is 0 Å². The van der Waals surface area contributed by atoms with Crippen LogP contribution in [0.15, 0.2) is 57.0 Å². The molecule has 0 aliphatic rings. The highest BCUT2D eigenvalue weighted by molar-refractivity contribution is 14.0. The van der Waals surface area contributed by atoms with E-state index in [9.17, 15) is 4.79 Å². The summed E-state index contributed by atoms with van der Waals surface area (Å²) in [4.78, 5) is 19.4. The lowest BCUT2D eigenvalue weighted by atomic mass is 10.2. The van der Waals surface area contributed by atoms with Gasteiger partial charge in [-0.25, -0.2) is 0 Å². The molecule has 0 fully saturated rings. The van der Waals surface area contributed by atoms with Crippen molar-refractivity contribution in [1.82, 2.24) is 15.5 Å². The zero-order valence-electron chi connectivity index (χ0n) is 15.2. The van der Waals surface area contributed by atoms with Crippen molar-refractivity contribution in [2.75, 3.05) is 26.9 Å². The fourth-order valence-corrected chi connectivity index (χ4v) is 2.69. The van der Waals surface area contributed by atoms with Crippen LogP contribution >= 0.6 is 35.7 Å². The first-order valence-electron chi connectivity index (χ1n) is 7.96. The second-order valence-corrected chi connectivity index (χ2v) is 6.34. The topological polar surface area (TPSA) is 69.9 Å². The lowest BCUT2D eigenvalue weighted by molar-refractivity contribution is -0.120. The first-order chi connectivity index (χ1) is 12.1. The second kappa shape index (κ2) is 11.8. The van der Waals surface area contributed by atoms with Crippen molar-refractivity contribution in [3.05, 3.63) is 54.0 Å². The molecular weight excluding hydrogens is 463 g/mol. The number of nitrogens with one attached hydrogen (secondary N) is 2. The molecule has 0 atom stereocenters. The van der Waals surface area contributed by atoms with E-state index in [0.29, 0.717) is 19.0 Å². The molecule has 1 amide bonds. The molecule has 0 saturated carbocycles. The average Bonchev–Trinajstić information content (AvgIpc) is 3.14. The van der Waals surface area contributed by atoms with Crippen molar-refractivity contribution < 1.29 is 9.21 Å². The van der Waals surface area contributed by atoms with Crippen LogP contribution in [0.3, 0.4) is 0 Å². The Morgan fingerprint density at radius 1 is 1.23 bits per heavy atom. The summed E-state index contributed by atoms with van der Waals surface area (Å²) in [7, 11) is 3.65. The fourth-order valence-electron chi connectivity index (χ4n) is 2.29. The monoisotopic (exact) mass is 488 g/mol. The van der Waals surface area contributed by atoms with E-state index in [0.717, 1.165) is 5.76 Å². The van der Waals surface area contributed by atoms with Gasteiger partial charge < -0.3 is 20.0 Å². The molecule has 0 unspecified atom stereocenters. The van der Waals surface area contributed by atoms with Crippen LogP contribution in [0.1, 0.15) is 11.3 Å². The number of hydrogen-bond donors (Lipinski definition) is 2. The number of hydrogen-bond acceptors (Lipinski definition) is 4. The molecule has 0 spiro atoms. The van der Waals surface area contributed by atoms with Gasteiger partial charge in [-0.05, 0) is 36.1 Å². The van der Waals surface area contributed by atoms with Crippen molar-refractivity contribution in [3.8, 4) is 0 Å². The van der Waals surface area contributed by atoms with Gasteiger partial charge >= 0.3 is 0 Å². The van der Waals surface area contributed by atoms with Crippen molar-refractivity contribution >= 4 is 47.6 Å². The summed E-state index contributed by atoms with van der Waals surface area (Å²) in [6.07, 6.45) is 3.64. The van der Waals surface area contributed by atoms with Crippen molar-refractivity contribution in [1.29, 1.82) is 0 Å². The molecule has 142 valence electrons. The maximum atomic E-state index is 11.9. The van der Waals surface area contributed by atoms with Gasteiger partial charge in [0.05, 0.1) is 19.4 Å². The third-order valence-electron chi connectivity index (χ3n) is 3.60. The van der Waals surface area contributed by atoms with Gasteiger partial charge in [-0.15, -0.1) is 35.7 Å². The average molecular weight is 488 g/mol. The molecule has 2 aromatic rings. The van der Waals surface area contributed by atoms with E-state index in [1.807, 2.05) is 18.0 Å². The Morgan fingerprint density at radius 3 is 2.54 bits per heavy atom. The van der Waals surface area contributed by atoms with Gasteiger partial charge in [0, 0.05) is 25.5 Å². The van der Waals surface area contributed by atoms with Gasteiger partial charge in [-0.2, -0.15) is 0 Å². The summed E-state index contributed by atoms with van der Waals surface area (Å²) in [6, 6.07) is 12.0. The zero-order valence-corrected chi connectivity index (χ0v) is 18.3. The summed E-state index contributed by atoms with van der Waals surface area (Å²) in [6.45, 7) is 1.25. The van der Waals surface area contributed by atoms with Crippen molar-refractivity contribution in [3.63, 3.8) is 0 Å². The predicted octanol–water partition coefficient (Wildman–Crippen LogP) is 2.94. The van der Waals surface area contributed by atoms with E-state index in [2.05, 4.69) is 46.1 Å². The molecule has 0 aliphatic carbocycles. The third kappa shape index (κ3) is 7.28. The SMILES string of the molecule is CN=C(NCC(=O)NCc1ccco1)N(C)Cc1ccc(SC)cc1.I. The number of rotatable bonds is 7. The molecule has 0 saturated heterocycles. The number of carbonyl (C=O) groups excluding carboxylic acids is 1. The van der Waals surface area contributed by atoms with Crippen molar-refractivity contribution in [2.45, 2.75) is 18.0 Å². The number of carbonyl (C=O) groups is 1. The lowest BCUT2D eigenvalue weighted by Gasteiger charge is -2.22. The first-order valence-corrected chi connectivity index (χ1v) is 9.18. The second-order valence-electron chi connectivity index (χ2n) is 5.46. The van der Waals surface area contributed by atoms with Gasteiger partial charge in [-0.1, -0.05) is 12.1 Å². The molecule has 2 rings (SSSR count). The Bertz CT molecular complexity index is 690. The molecule has 8 heteroatoms. The van der Waals surface area contributed by atoms with Crippen LogP contribution < -0.4 is 10.6 Å². The number of nitrogens with zero attached hydrogens (tertiary/aromatic N) is 2. The molecule has 26 heavy (non-hydrogen) atoms. The molecule has 1 heterocycles. The van der Waals surface area contributed by atoms with E-state index in [1.54, 1.807) is 31.1 Å². The van der Waals surface area contributed by atoms with Gasteiger partial charge in [0.2, 0.25) is 5.91 Å². The normalized spacial score (nSPS) is 10.8. The van der Waals surface area contributed by atoms with Crippen LogP contribution in [-0.4, -0.2) is 43.7 Å². The number of aliphatic imine (C=N–C) groups is 1. The summed E-state index contributed by atoms with van der Waals surface area (Å²) >= 11 is 1.72. The number of amides is 1. The molecule has 1 aromatic heterocycles. The highest BCUT2D eigenvalue weighted by Crippen LogP contribution is 2.15. The smallest absolute Gasteiger partial charge is 0.239 e. The highest BCUT2D eigenvalue weighted by atomic mass is 127. The van der Waals surface area contributed by atoms with Crippen LogP contribution in [0.2, 0.25) is 0 Å². The fraction of sp³-hybridized carbons (Fsp3) is 0.333.